The highest BCUT2D eigenvalue weighted by Gasteiger charge is 2.19. The second-order valence-electron chi connectivity index (χ2n) is 8.43. The Hall–Kier alpha value is -3.78. The van der Waals surface area contributed by atoms with E-state index in [4.69, 9.17) is 9.15 Å². The molecule has 0 atom stereocenters. The molecule has 7 nitrogen and oxygen atoms in total. The Balaban J connectivity index is 1.49. The Morgan fingerprint density at radius 2 is 1.82 bits per heavy atom. The van der Waals surface area contributed by atoms with Crippen LogP contribution in [0.15, 0.2) is 57.7 Å². The molecule has 4 aromatic rings. The van der Waals surface area contributed by atoms with Gasteiger partial charge in [-0.15, -0.1) is 0 Å². The fraction of sp³-hybridized carbons (Fsp3) is 0.231. The average Bonchev–Trinajstić information content (AvgIpc) is 3.17. The van der Waals surface area contributed by atoms with E-state index in [0.29, 0.717) is 50.2 Å². The molecule has 0 fully saturated rings. The van der Waals surface area contributed by atoms with Crippen molar-refractivity contribution < 1.29 is 18.7 Å². The summed E-state index contributed by atoms with van der Waals surface area (Å²) < 4.78 is 11.2. The van der Waals surface area contributed by atoms with Gasteiger partial charge in [0.1, 0.15) is 16.2 Å². The van der Waals surface area contributed by atoms with Gasteiger partial charge in [0.05, 0.1) is 17.7 Å². The van der Waals surface area contributed by atoms with E-state index in [0.717, 1.165) is 16.9 Å². The van der Waals surface area contributed by atoms with Gasteiger partial charge in [-0.3, -0.25) is 14.9 Å². The van der Waals surface area contributed by atoms with Crippen LogP contribution in [0.5, 0.6) is 0 Å². The minimum Gasteiger partial charge on any atom is -0.461 e. The van der Waals surface area contributed by atoms with Crippen LogP contribution in [0.25, 0.3) is 22.3 Å². The number of rotatable bonds is 6. The summed E-state index contributed by atoms with van der Waals surface area (Å²) in [6.45, 7) is 7.85. The molecule has 0 unspecified atom stereocenters. The Morgan fingerprint density at radius 3 is 2.53 bits per heavy atom. The number of ether oxygens (including phenoxy) is 1. The van der Waals surface area contributed by atoms with Crippen molar-refractivity contribution in [3.05, 3.63) is 80.5 Å². The smallest absolute Gasteiger partial charge is 0.350 e. The van der Waals surface area contributed by atoms with Crippen LogP contribution in [-0.2, 0) is 4.74 Å². The van der Waals surface area contributed by atoms with Gasteiger partial charge in [0, 0.05) is 17.2 Å². The largest absolute Gasteiger partial charge is 0.461 e. The predicted molar refractivity (Wildman–Crippen MR) is 133 cm³/mol. The first-order chi connectivity index (χ1) is 16.2. The molecule has 174 valence electrons. The third-order valence-electron chi connectivity index (χ3n) is 5.06. The minimum atomic E-state index is -0.444. The van der Waals surface area contributed by atoms with Crippen LogP contribution < -0.4 is 10.7 Å². The lowest BCUT2D eigenvalue weighted by atomic mass is 10.1. The van der Waals surface area contributed by atoms with Crippen molar-refractivity contribution >= 4 is 39.3 Å². The van der Waals surface area contributed by atoms with Gasteiger partial charge in [-0.05, 0) is 44.0 Å². The molecule has 0 spiro atoms. The van der Waals surface area contributed by atoms with E-state index in [1.54, 1.807) is 43.3 Å². The van der Waals surface area contributed by atoms with Crippen LogP contribution >= 0.6 is 11.3 Å². The molecule has 8 heteroatoms. The molecule has 34 heavy (non-hydrogen) atoms. The highest BCUT2D eigenvalue weighted by molar-refractivity contribution is 7.17. The number of amides is 1. The molecule has 0 saturated carbocycles. The van der Waals surface area contributed by atoms with E-state index in [-0.39, 0.29) is 17.3 Å². The number of anilines is 1. The van der Waals surface area contributed by atoms with Gasteiger partial charge in [0.15, 0.2) is 10.6 Å². The first-order valence-electron chi connectivity index (χ1n) is 10.8. The van der Waals surface area contributed by atoms with Crippen LogP contribution in [0.3, 0.4) is 0 Å². The second kappa shape index (κ2) is 9.61. The maximum atomic E-state index is 12.7. The van der Waals surface area contributed by atoms with Gasteiger partial charge in [0.2, 0.25) is 0 Å². The number of esters is 1. The van der Waals surface area contributed by atoms with Crippen LogP contribution in [0, 0.1) is 19.8 Å². The minimum absolute atomic E-state index is 0.122. The van der Waals surface area contributed by atoms with Crippen molar-refractivity contribution in [2.24, 2.45) is 5.92 Å². The molecule has 1 N–H and O–H groups in total. The summed E-state index contributed by atoms with van der Waals surface area (Å²) in [5, 5.41) is 3.58. The fourth-order valence-corrected chi connectivity index (χ4v) is 4.17. The number of carbonyl (C=O) groups excluding carboxylic acids is 2. The summed E-state index contributed by atoms with van der Waals surface area (Å²) in [6.07, 6.45) is 0. The normalized spacial score (nSPS) is 11.1. The quantitative estimate of drug-likeness (QED) is 0.364. The van der Waals surface area contributed by atoms with E-state index in [1.807, 2.05) is 26.8 Å². The van der Waals surface area contributed by atoms with E-state index in [1.165, 1.54) is 6.07 Å². The summed E-state index contributed by atoms with van der Waals surface area (Å²) in [4.78, 5) is 42.1. The number of nitrogens with zero attached hydrogens (tertiary/aromatic N) is 1. The van der Waals surface area contributed by atoms with E-state index in [9.17, 15) is 14.4 Å². The summed E-state index contributed by atoms with van der Waals surface area (Å²) in [5.41, 5.74) is 2.96. The number of nitrogens with one attached hydrogen (secondary N) is 1. The number of thiazole rings is 1. The van der Waals surface area contributed by atoms with Crippen molar-refractivity contribution in [3.63, 3.8) is 0 Å². The van der Waals surface area contributed by atoms with Crippen molar-refractivity contribution in [1.29, 1.82) is 0 Å². The maximum absolute atomic E-state index is 12.7. The predicted octanol–water partition coefficient (Wildman–Crippen LogP) is 5.60. The maximum Gasteiger partial charge on any atom is 0.350 e. The van der Waals surface area contributed by atoms with E-state index >= 15 is 0 Å². The topological polar surface area (TPSA) is 98.5 Å². The molecule has 1 amide bonds. The van der Waals surface area contributed by atoms with Crippen LogP contribution in [0.1, 0.15) is 45.1 Å². The number of aryl methyl sites for hydroxylation is 2. The monoisotopic (exact) mass is 476 g/mol. The number of fused-ring (bicyclic) bond motifs is 1. The fourth-order valence-electron chi connectivity index (χ4n) is 3.31. The van der Waals surface area contributed by atoms with Gasteiger partial charge in [-0.2, -0.15) is 0 Å². The summed E-state index contributed by atoms with van der Waals surface area (Å²) in [5.74, 6) is -0.155. The number of aromatic nitrogens is 1. The van der Waals surface area contributed by atoms with Crippen LogP contribution in [-0.4, -0.2) is 23.5 Å². The van der Waals surface area contributed by atoms with Gasteiger partial charge in [-0.1, -0.05) is 48.9 Å². The van der Waals surface area contributed by atoms with Gasteiger partial charge >= 0.3 is 5.97 Å². The van der Waals surface area contributed by atoms with Crippen molar-refractivity contribution in [1.82, 2.24) is 4.98 Å². The van der Waals surface area contributed by atoms with Crippen molar-refractivity contribution in [2.45, 2.75) is 27.7 Å². The van der Waals surface area contributed by atoms with E-state index in [2.05, 4.69) is 10.3 Å². The lowest BCUT2D eigenvalue weighted by Gasteiger charge is -2.06. The Morgan fingerprint density at radius 1 is 1.09 bits per heavy atom. The third-order valence-corrected chi connectivity index (χ3v) is 6.12. The average molecular weight is 477 g/mol. The Bertz CT molecular complexity index is 1430. The first kappa shape index (κ1) is 23.4. The summed E-state index contributed by atoms with van der Waals surface area (Å²) in [6, 6.07) is 13.6. The Kier molecular flexibility index (Phi) is 6.61. The van der Waals surface area contributed by atoms with E-state index < -0.39 is 5.97 Å². The number of benzene rings is 2. The second-order valence-corrected chi connectivity index (χ2v) is 9.43. The van der Waals surface area contributed by atoms with Crippen molar-refractivity contribution in [3.8, 4) is 11.3 Å². The molecule has 0 aliphatic carbocycles. The summed E-state index contributed by atoms with van der Waals surface area (Å²) in [7, 11) is 0. The van der Waals surface area contributed by atoms with Gasteiger partial charge in [-0.25, -0.2) is 9.78 Å². The molecule has 2 aromatic heterocycles. The van der Waals surface area contributed by atoms with Gasteiger partial charge < -0.3 is 9.15 Å². The molecule has 0 bridgehead atoms. The summed E-state index contributed by atoms with van der Waals surface area (Å²) >= 11 is 1.08. The van der Waals surface area contributed by atoms with Crippen LogP contribution in [0.2, 0.25) is 0 Å². The lowest BCUT2D eigenvalue weighted by molar-refractivity contribution is 0.0463. The molecule has 0 radical (unpaired) electrons. The zero-order valence-electron chi connectivity index (χ0n) is 19.3. The SMILES string of the molecule is Cc1ccc2oc(-c3ccc(C(=O)Nc4nc(C)c(C(=O)OCC(C)C)s4)cc3)cc(=O)c2c1. The molecule has 0 aliphatic heterocycles. The van der Waals surface area contributed by atoms with Crippen LogP contribution in [0.4, 0.5) is 5.13 Å². The van der Waals surface area contributed by atoms with Crippen molar-refractivity contribution in [2.75, 3.05) is 11.9 Å². The van der Waals surface area contributed by atoms with Gasteiger partial charge in [0.25, 0.3) is 5.91 Å². The molecule has 2 aromatic carbocycles. The molecular formula is C26H24N2O5S. The Labute approximate surface area is 200 Å². The molecule has 2 heterocycles. The number of hydrogen-bond donors (Lipinski definition) is 1. The zero-order chi connectivity index (χ0) is 24.4. The number of hydrogen-bond acceptors (Lipinski definition) is 7. The highest BCUT2D eigenvalue weighted by Crippen LogP contribution is 2.26. The molecule has 0 aliphatic rings. The third kappa shape index (κ3) is 5.07. The molecule has 0 saturated heterocycles. The zero-order valence-corrected chi connectivity index (χ0v) is 20.1. The lowest BCUT2D eigenvalue weighted by Crippen LogP contribution is -2.11. The first-order valence-corrected chi connectivity index (χ1v) is 11.6. The molecule has 4 rings (SSSR count). The highest BCUT2D eigenvalue weighted by atomic mass is 32.1. The standard InChI is InChI=1S/C26H24N2O5S/c1-14(2)13-32-25(31)23-16(4)27-26(34-23)28-24(30)18-8-6-17(7-9-18)22-12-20(29)19-11-15(3)5-10-21(19)33-22/h5-12,14H,13H2,1-4H3,(H,27,28,30). The molecular weight excluding hydrogens is 452 g/mol. The number of carbonyl (C=O) groups is 2.